The zero-order valence-electron chi connectivity index (χ0n) is 13.5. The zero-order valence-corrected chi connectivity index (χ0v) is 13.5. The Morgan fingerprint density at radius 2 is 1.78 bits per heavy atom. The molecule has 6 nitrogen and oxygen atoms in total. The van der Waals surface area contributed by atoms with Gasteiger partial charge in [0.2, 0.25) is 11.8 Å². The molecule has 0 saturated heterocycles. The molecule has 1 aromatic rings. The van der Waals surface area contributed by atoms with E-state index in [1.807, 2.05) is 44.2 Å². The van der Waals surface area contributed by atoms with E-state index in [1.165, 1.54) is 0 Å². The molecular weight excluding hydrogens is 296 g/mol. The molecule has 6 heteroatoms. The molecule has 0 saturated carbocycles. The minimum absolute atomic E-state index is 0.00738. The van der Waals surface area contributed by atoms with Gasteiger partial charge < -0.3 is 16.2 Å². The number of carboxylic acid groups (broad SMARTS) is 1. The highest BCUT2D eigenvalue weighted by Crippen LogP contribution is 2.18. The third kappa shape index (κ3) is 6.50. The van der Waals surface area contributed by atoms with Gasteiger partial charge in [-0.25, -0.2) is 0 Å². The van der Waals surface area contributed by atoms with Crippen LogP contribution in [0.1, 0.15) is 32.3 Å². The summed E-state index contributed by atoms with van der Waals surface area (Å²) >= 11 is 0. The van der Waals surface area contributed by atoms with Crippen molar-refractivity contribution in [2.24, 2.45) is 17.6 Å². The molecule has 0 bridgehead atoms. The van der Waals surface area contributed by atoms with Gasteiger partial charge in [-0.15, -0.1) is 0 Å². The Morgan fingerprint density at radius 3 is 2.26 bits per heavy atom. The summed E-state index contributed by atoms with van der Waals surface area (Å²) in [7, 11) is 0. The van der Waals surface area contributed by atoms with Crippen molar-refractivity contribution in [2.45, 2.75) is 39.2 Å². The van der Waals surface area contributed by atoms with E-state index in [4.69, 9.17) is 10.8 Å². The third-order valence-corrected chi connectivity index (χ3v) is 3.75. The van der Waals surface area contributed by atoms with Crippen LogP contribution in [-0.2, 0) is 20.8 Å². The van der Waals surface area contributed by atoms with Crippen LogP contribution in [-0.4, -0.2) is 28.9 Å². The Kier molecular flexibility index (Phi) is 7.25. The molecule has 0 fully saturated rings. The number of rotatable bonds is 9. The summed E-state index contributed by atoms with van der Waals surface area (Å²) in [4.78, 5) is 34.5. The number of benzene rings is 1. The van der Waals surface area contributed by atoms with Gasteiger partial charge in [-0.3, -0.25) is 14.4 Å². The largest absolute Gasteiger partial charge is 0.481 e. The Hall–Kier alpha value is -2.37. The number of primary amides is 1. The van der Waals surface area contributed by atoms with Crippen molar-refractivity contribution in [2.75, 3.05) is 0 Å². The normalized spacial score (nSPS) is 13.3. The lowest BCUT2D eigenvalue weighted by atomic mass is 9.88. The SMILES string of the molecule is CC(C)C(Cc1ccccc1)C(=O)NC(CCC(=O)O)C(N)=O. The van der Waals surface area contributed by atoms with Gasteiger partial charge in [-0.05, 0) is 24.3 Å². The fourth-order valence-electron chi connectivity index (χ4n) is 2.33. The van der Waals surface area contributed by atoms with Crippen LogP contribution in [0.25, 0.3) is 0 Å². The molecule has 126 valence electrons. The van der Waals surface area contributed by atoms with Gasteiger partial charge >= 0.3 is 5.97 Å². The third-order valence-electron chi connectivity index (χ3n) is 3.75. The van der Waals surface area contributed by atoms with Gasteiger partial charge in [-0.1, -0.05) is 44.2 Å². The first kappa shape index (κ1) is 18.7. The maximum absolute atomic E-state index is 12.5. The molecule has 23 heavy (non-hydrogen) atoms. The van der Waals surface area contributed by atoms with Crippen LogP contribution < -0.4 is 11.1 Å². The summed E-state index contributed by atoms with van der Waals surface area (Å²) in [6, 6.07) is 8.64. The van der Waals surface area contributed by atoms with Crippen molar-refractivity contribution in [3.63, 3.8) is 0 Å². The molecule has 2 amide bonds. The monoisotopic (exact) mass is 320 g/mol. The van der Waals surface area contributed by atoms with Crippen LogP contribution in [0.15, 0.2) is 30.3 Å². The lowest BCUT2D eigenvalue weighted by Crippen LogP contribution is -2.48. The Balaban J connectivity index is 2.75. The van der Waals surface area contributed by atoms with Gasteiger partial charge in [-0.2, -0.15) is 0 Å². The summed E-state index contributed by atoms with van der Waals surface area (Å²) in [6.07, 6.45) is 0.320. The molecule has 0 aliphatic heterocycles. The number of hydrogen-bond acceptors (Lipinski definition) is 3. The van der Waals surface area contributed by atoms with E-state index in [0.29, 0.717) is 6.42 Å². The summed E-state index contributed by atoms with van der Waals surface area (Å²) in [5.74, 6) is -2.28. The topological polar surface area (TPSA) is 109 Å². The lowest BCUT2D eigenvalue weighted by Gasteiger charge is -2.23. The van der Waals surface area contributed by atoms with E-state index >= 15 is 0 Å². The van der Waals surface area contributed by atoms with Crippen LogP contribution in [0.2, 0.25) is 0 Å². The van der Waals surface area contributed by atoms with Gasteiger partial charge in [0.15, 0.2) is 0 Å². The Bertz CT molecular complexity index is 543. The number of nitrogens with one attached hydrogen (secondary N) is 1. The maximum atomic E-state index is 12.5. The minimum Gasteiger partial charge on any atom is -0.481 e. The maximum Gasteiger partial charge on any atom is 0.303 e. The average molecular weight is 320 g/mol. The zero-order chi connectivity index (χ0) is 17.4. The van der Waals surface area contributed by atoms with Crippen molar-refractivity contribution < 1.29 is 19.5 Å². The summed E-state index contributed by atoms with van der Waals surface area (Å²) < 4.78 is 0. The molecule has 1 aromatic carbocycles. The van der Waals surface area contributed by atoms with Crippen molar-refractivity contribution in [1.82, 2.24) is 5.32 Å². The predicted octanol–water partition coefficient (Wildman–Crippen LogP) is 1.34. The van der Waals surface area contributed by atoms with Gasteiger partial charge in [0.25, 0.3) is 0 Å². The summed E-state index contributed by atoms with van der Waals surface area (Å²) in [6.45, 7) is 3.87. The lowest BCUT2D eigenvalue weighted by molar-refractivity contribution is -0.138. The van der Waals surface area contributed by atoms with E-state index in [1.54, 1.807) is 0 Å². The molecule has 2 unspecified atom stereocenters. The van der Waals surface area contributed by atoms with Crippen LogP contribution in [0.3, 0.4) is 0 Å². The predicted molar refractivity (Wildman–Crippen MR) is 86.5 cm³/mol. The standard InChI is InChI=1S/C17H24N2O4/c1-11(2)13(10-12-6-4-3-5-7-12)17(23)19-14(16(18)22)8-9-15(20)21/h3-7,11,13-14H,8-10H2,1-2H3,(H2,18,22)(H,19,23)(H,20,21). The number of aliphatic carboxylic acids is 1. The minimum atomic E-state index is -1.03. The van der Waals surface area contributed by atoms with Crippen molar-refractivity contribution in [3.05, 3.63) is 35.9 Å². The smallest absolute Gasteiger partial charge is 0.303 e. The van der Waals surface area contributed by atoms with E-state index in [9.17, 15) is 14.4 Å². The summed E-state index contributed by atoms with van der Waals surface area (Å²) in [5.41, 5.74) is 6.28. The average Bonchev–Trinajstić information content (AvgIpc) is 2.49. The molecular formula is C17H24N2O4. The number of carbonyl (C=O) groups is 3. The van der Waals surface area contributed by atoms with E-state index < -0.39 is 17.9 Å². The van der Waals surface area contributed by atoms with Crippen LogP contribution in [0.5, 0.6) is 0 Å². The first-order valence-corrected chi connectivity index (χ1v) is 7.66. The molecule has 0 aliphatic carbocycles. The molecule has 0 aromatic heterocycles. The van der Waals surface area contributed by atoms with Gasteiger partial charge in [0.1, 0.15) is 6.04 Å². The number of hydrogen-bond donors (Lipinski definition) is 3. The molecule has 0 radical (unpaired) electrons. The molecule has 0 heterocycles. The van der Waals surface area contributed by atoms with Crippen LogP contribution in [0, 0.1) is 11.8 Å². The second-order valence-electron chi connectivity index (χ2n) is 5.94. The van der Waals surface area contributed by atoms with Gasteiger partial charge in [0, 0.05) is 12.3 Å². The van der Waals surface area contributed by atoms with Crippen molar-refractivity contribution >= 4 is 17.8 Å². The second-order valence-corrected chi connectivity index (χ2v) is 5.94. The fourth-order valence-corrected chi connectivity index (χ4v) is 2.33. The highest BCUT2D eigenvalue weighted by atomic mass is 16.4. The number of nitrogens with two attached hydrogens (primary N) is 1. The molecule has 1 rings (SSSR count). The van der Waals surface area contributed by atoms with E-state index in [2.05, 4.69) is 5.32 Å². The van der Waals surface area contributed by atoms with Gasteiger partial charge in [0.05, 0.1) is 0 Å². The fraction of sp³-hybridized carbons (Fsp3) is 0.471. The highest BCUT2D eigenvalue weighted by molar-refractivity contribution is 5.88. The second kappa shape index (κ2) is 8.92. The Morgan fingerprint density at radius 1 is 1.17 bits per heavy atom. The first-order valence-electron chi connectivity index (χ1n) is 7.66. The van der Waals surface area contributed by atoms with E-state index in [-0.39, 0.29) is 30.6 Å². The van der Waals surface area contributed by atoms with E-state index in [0.717, 1.165) is 5.56 Å². The van der Waals surface area contributed by atoms with Crippen LogP contribution in [0.4, 0.5) is 0 Å². The molecule has 2 atom stereocenters. The first-order chi connectivity index (χ1) is 10.8. The number of carboxylic acids is 1. The van der Waals surface area contributed by atoms with Crippen molar-refractivity contribution in [1.29, 1.82) is 0 Å². The number of amides is 2. The molecule has 0 aliphatic rings. The number of carbonyl (C=O) groups excluding carboxylic acids is 2. The quantitative estimate of drug-likeness (QED) is 0.637. The molecule has 4 N–H and O–H groups in total. The van der Waals surface area contributed by atoms with Crippen molar-refractivity contribution in [3.8, 4) is 0 Å². The van der Waals surface area contributed by atoms with Crippen LogP contribution >= 0.6 is 0 Å². The summed E-state index contributed by atoms with van der Waals surface area (Å²) in [5, 5.41) is 11.3. The Labute approximate surface area is 136 Å². The highest BCUT2D eigenvalue weighted by Gasteiger charge is 2.27. The molecule has 0 spiro atoms.